The number of benzene rings is 1. The first-order chi connectivity index (χ1) is 11.0. The number of thioether (sulfide) groups is 2. The van der Waals surface area contributed by atoms with E-state index in [1.54, 1.807) is 25.3 Å². The Kier molecular flexibility index (Phi) is 8.58. The standard InChI is InChI=1S/C17H21NO3S2/c1-4-22-17(23-5-2)15(16(18)20)14(19)11-8-12-6-9-13(21-3)10-7-12/h6-11H,4-5H2,1-3H3,(H2,18,20)/b11-8+. The van der Waals surface area contributed by atoms with E-state index in [2.05, 4.69) is 0 Å². The second-order valence-electron chi connectivity index (χ2n) is 4.36. The summed E-state index contributed by atoms with van der Waals surface area (Å²) in [6.45, 7) is 3.94. The lowest BCUT2D eigenvalue weighted by atomic mass is 10.1. The van der Waals surface area contributed by atoms with Gasteiger partial charge in [-0.3, -0.25) is 9.59 Å². The van der Waals surface area contributed by atoms with Gasteiger partial charge in [-0.25, -0.2) is 0 Å². The maximum atomic E-state index is 12.4. The number of hydrogen-bond acceptors (Lipinski definition) is 5. The van der Waals surface area contributed by atoms with Crippen molar-refractivity contribution in [2.75, 3.05) is 18.6 Å². The smallest absolute Gasteiger partial charge is 0.254 e. The highest BCUT2D eigenvalue weighted by Crippen LogP contribution is 2.32. The number of ketones is 1. The molecule has 0 aromatic heterocycles. The minimum Gasteiger partial charge on any atom is -0.497 e. The fourth-order valence-electron chi connectivity index (χ4n) is 1.74. The Bertz CT molecular complexity index is 599. The van der Waals surface area contributed by atoms with Crippen molar-refractivity contribution in [2.45, 2.75) is 13.8 Å². The topological polar surface area (TPSA) is 69.4 Å². The number of nitrogens with two attached hydrogens (primary N) is 1. The lowest BCUT2D eigenvalue weighted by molar-refractivity contribution is -0.118. The molecular weight excluding hydrogens is 330 g/mol. The number of primary amides is 1. The van der Waals surface area contributed by atoms with Gasteiger partial charge in [0.15, 0.2) is 5.78 Å². The first kappa shape index (κ1) is 19.4. The van der Waals surface area contributed by atoms with Crippen molar-refractivity contribution in [1.29, 1.82) is 0 Å². The SMILES string of the molecule is CCSC(SCC)=C(C(N)=O)C(=O)/C=C/c1ccc(OC)cc1. The van der Waals surface area contributed by atoms with E-state index < -0.39 is 5.91 Å². The Morgan fingerprint density at radius 2 is 1.70 bits per heavy atom. The summed E-state index contributed by atoms with van der Waals surface area (Å²) in [7, 11) is 1.59. The summed E-state index contributed by atoms with van der Waals surface area (Å²) in [5, 5.41) is 0. The molecule has 1 aromatic carbocycles. The van der Waals surface area contributed by atoms with E-state index in [0.717, 1.165) is 22.8 Å². The highest BCUT2D eigenvalue weighted by molar-refractivity contribution is 8.22. The van der Waals surface area contributed by atoms with Gasteiger partial charge < -0.3 is 10.5 Å². The highest BCUT2D eigenvalue weighted by Gasteiger charge is 2.19. The number of allylic oxidation sites excluding steroid dienone is 1. The van der Waals surface area contributed by atoms with E-state index >= 15 is 0 Å². The fourth-order valence-corrected chi connectivity index (χ4v) is 4.00. The molecule has 0 bridgehead atoms. The van der Waals surface area contributed by atoms with Crippen LogP contribution in [-0.4, -0.2) is 30.3 Å². The van der Waals surface area contributed by atoms with Crippen molar-refractivity contribution in [1.82, 2.24) is 0 Å². The molecule has 0 aliphatic rings. The number of hydrogen-bond donors (Lipinski definition) is 1. The van der Waals surface area contributed by atoms with Crippen LogP contribution in [0.25, 0.3) is 6.08 Å². The van der Waals surface area contributed by atoms with Gasteiger partial charge in [0.05, 0.1) is 11.3 Å². The molecule has 6 heteroatoms. The van der Waals surface area contributed by atoms with E-state index in [9.17, 15) is 9.59 Å². The van der Waals surface area contributed by atoms with Crippen molar-refractivity contribution in [3.63, 3.8) is 0 Å². The number of carbonyl (C=O) groups excluding carboxylic acids is 2. The molecule has 1 amide bonds. The van der Waals surface area contributed by atoms with Crippen LogP contribution in [0.15, 0.2) is 40.2 Å². The van der Waals surface area contributed by atoms with E-state index in [4.69, 9.17) is 10.5 Å². The lowest BCUT2D eigenvalue weighted by Crippen LogP contribution is -2.20. The molecule has 2 N–H and O–H groups in total. The molecule has 0 atom stereocenters. The molecule has 0 aliphatic heterocycles. The minimum absolute atomic E-state index is 0.0634. The third-order valence-electron chi connectivity index (χ3n) is 2.79. The molecule has 0 saturated carbocycles. The predicted molar refractivity (Wildman–Crippen MR) is 99.5 cm³/mol. The van der Waals surface area contributed by atoms with Gasteiger partial charge in [0.2, 0.25) is 0 Å². The maximum Gasteiger partial charge on any atom is 0.254 e. The Labute approximate surface area is 145 Å². The average Bonchev–Trinajstić information content (AvgIpc) is 2.53. The summed E-state index contributed by atoms with van der Waals surface area (Å²) in [5.41, 5.74) is 6.32. The molecule has 0 fully saturated rings. The molecule has 1 rings (SSSR count). The van der Waals surface area contributed by atoms with E-state index in [1.165, 1.54) is 29.6 Å². The number of methoxy groups -OCH3 is 1. The van der Waals surface area contributed by atoms with Crippen LogP contribution in [0, 0.1) is 0 Å². The molecule has 0 spiro atoms. The van der Waals surface area contributed by atoms with Gasteiger partial charge in [0, 0.05) is 0 Å². The largest absolute Gasteiger partial charge is 0.497 e. The second kappa shape index (κ2) is 10.2. The van der Waals surface area contributed by atoms with Gasteiger partial charge in [-0.15, -0.1) is 23.5 Å². The normalized spacial score (nSPS) is 10.6. The Hall–Kier alpha value is -1.66. The summed E-state index contributed by atoms with van der Waals surface area (Å²) in [5.74, 6) is 1.23. The van der Waals surface area contributed by atoms with Crippen LogP contribution in [0.5, 0.6) is 5.75 Å². The molecular formula is C17H21NO3S2. The lowest BCUT2D eigenvalue weighted by Gasteiger charge is -2.08. The summed E-state index contributed by atoms with van der Waals surface area (Å²) < 4.78 is 5.77. The summed E-state index contributed by atoms with van der Waals surface area (Å²) >= 11 is 2.93. The molecule has 0 aliphatic carbocycles. The molecule has 0 saturated heterocycles. The quantitative estimate of drug-likeness (QED) is 0.419. The third-order valence-corrected chi connectivity index (χ3v) is 5.01. The first-order valence-electron chi connectivity index (χ1n) is 7.19. The first-order valence-corrected chi connectivity index (χ1v) is 9.16. The van der Waals surface area contributed by atoms with E-state index in [-0.39, 0.29) is 11.4 Å². The number of rotatable bonds is 9. The molecule has 1 aromatic rings. The van der Waals surface area contributed by atoms with Crippen LogP contribution in [0.1, 0.15) is 19.4 Å². The number of carbonyl (C=O) groups is 2. The van der Waals surface area contributed by atoms with E-state index in [0.29, 0.717) is 4.24 Å². The van der Waals surface area contributed by atoms with Crippen molar-refractivity contribution in [3.05, 3.63) is 45.7 Å². The van der Waals surface area contributed by atoms with Crippen LogP contribution in [0.3, 0.4) is 0 Å². The molecule has 0 radical (unpaired) electrons. The molecule has 4 nitrogen and oxygen atoms in total. The zero-order valence-electron chi connectivity index (χ0n) is 13.5. The van der Waals surface area contributed by atoms with Crippen molar-refractivity contribution in [3.8, 4) is 5.75 Å². The molecule has 23 heavy (non-hydrogen) atoms. The number of amides is 1. The Morgan fingerprint density at radius 1 is 1.13 bits per heavy atom. The third kappa shape index (κ3) is 6.15. The van der Waals surface area contributed by atoms with Gasteiger partial charge in [-0.1, -0.05) is 32.1 Å². The van der Waals surface area contributed by atoms with Crippen LogP contribution < -0.4 is 10.5 Å². The van der Waals surface area contributed by atoms with Gasteiger partial charge in [-0.05, 0) is 35.3 Å². The Morgan fingerprint density at radius 3 is 2.13 bits per heavy atom. The summed E-state index contributed by atoms with van der Waals surface area (Å²) in [6, 6.07) is 7.28. The van der Waals surface area contributed by atoms with Crippen LogP contribution in [0.2, 0.25) is 0 Å². The minimum atomic E-state index is -0.689. The van der Waals surface area contributed by atoms with Crippen LogP contribution in [0.4, 0.5) is 0 Å². The molecule has 0 heterocycles. The number of ether oxygens (including phenoxy) is 1. The monoisotopic (exact) mass is 351 g/mol. The van der Waals surface area contributed by atoms with E-state index in [1.807, 2.05) is 26.0 Å². The zero-order chi connectivity index (χ0) is 17.2. The van der Waals surface area contributed by atoms with Gasteiger partial charge in [0.25, 0.3) is 5.91 Å². The van der Waals surface area contributed by atoms with Gasteiger partial charge in [-0.2, -0.15) is 0 Å². The molecule has 0 unspecified atom stereocenters. The van der Waals surface area contributed by atoms with Gasteiger partial charge >= 0.3 is 0 Å². The summed E-state index contributed by atoms with van der Waals surface area (Å²) in [6.07, 6.45) is 3.05. The van der Waals surface area contributed by atoms with Crippen molar-refractivity contribution >= 4 is 41.3 Å². The Balaban J connectivity index is 3.02. The predicted octanol–water partition coefficient (Wildman–Crippen LogP) is 3.48. The van der Waals surface area contributed by atoms with Gasteiger partial charge in [0.1, 0.15) is 11.3 Å². The molecule has 124 valence electrons. The second-order valence-corrected chi connectivity index (χ2v) is 7.17. The highest BCUT2D eigenvalue weighted by atomic mass is 32.2. The van der Waals surface area contributed by atoms with Crippen LogP contribution in [-0.2, 0) is 9.59 Å². The zero-order valence-corrected chi connectivity index (χ0v) is 15.1. The summed E-state index contributed by atoms with van der Waals surface area (Å²) in [4.78, 5) is 24.1. The van der Waals surface area contributed by atoms with Crippen LogP contribution >= 0.6 is 23.5 Å². The van der Waals surface area contributed by atoms with Crippen molar-refractivity contribution < 1.29 is 14.3 Å². The average molecular weight is 351 g/mol. The fraction of sp³-hybridized carbons (Fsp3) is 0.294. The maximum absolute atomic E-state index is 12.4. The van der Waals surface area contributed by atoms with Crippen molar-refractivity contribution in [2.24, 2.45) is 5.73 Å².